The Morgan fingerprint density at radius 1 is 1.36 bits per heavy atom. The lowest BCUT2D eigenvalue weighted by molar-refractivity contribution is 0.256. The third kappa shape index (κ3) is 1.05. The van der Waals surface area contributed by atoms with E-state index in [0.29, 0.717) is 15.6 Å². The summed E-state index contributed by atoms with van der Waals surface area (Å²) >= 11 is 3.05. The average molecular weight is 213 g/mol. The number of urea groups is 1. The molecule has 54 valence electrons. The quantitative estimate of drug-likeness (QED) is 0.551. The van der Waals surface area contributed by atoms with E-state index < -0.39 is 6.03 Å². The summed E-state index contributed by atoms with van der Waals surface area (Å²) in [5.74, 6) is 0. The van der Waals surface area contributed by atoms with Gasteiger partial charge in [0.25, 0.3) is 0 Å². The first-order chi connectivity index (χ1) is 5.25. The van der Waals surface area contributed by atoms with Crippen LogP contribution in [0.1, 0.15) is 0 Å². The van der Waals surface area contributed by atoms with Gasteiger partial charge in [-0.3, -0.25) is 0 Å². The van der Waals surface area contributed by atoms with Gasteiger partial charge >= 0.3 is 6.03 Å². The van der Waals surface area contributed by atoms with Crippen LogP contribution in [0.4, 0.5) is 4.79 Å². The van der Waals surface area contributed by atoms with Gasteiger partial charge in [-0.15, -0.1) is 0 Å². The van der Waals surface area contributed by atoms with Crippen molar-refractivity contribution >= 4 is 22.0 Å². The molecule has 0 bridgehead atoms. The van der Waals surface area contributed by atoms with Crippen molar-refractivity contribution in [2.75, 3.05) is 0 Å². The molecule has 2 heterocycles. The van der Waals surface area contributed by atoms with Gasteiger partial charge in [0.2, 0.25) is 0 Å². The Kier molecular flexibility index (Phi) is 1.28. The molecule has 1 aromatic rings. The van der Waals surface area contributed by atoms with Crippen molar-refractivity contribution in [2.45, 2.75) is 0 Å². The number of hydrogen-bond donors (Lipinski definition) is 0. The summed E-state index contributed by atoms with van der Waals surface area (Å²) in [4.78, 5) is 25.3. The summed E-state index contributed by atoms with van der Waals surface area (Å²) in [6, 6.07) is -0.521. The minimum Gasteiger partial charge on any atom is -0.244 e. The van der Waals surface area contributed by atoms with Gasteiger partial charge in [0.1, 0.15) is 5.36 Å². The normalized spacial score (nSPS) is 13.7. The van der Waals surface area contributed by atoms with Crippen molar-refractivity contribution in [3.63, 3.8) is 0 Å². The molecular weight excluding hydrogens is 212 g/mol. The van der Waals surface area contributed by atoms with Gasteiger partial charge in [-0.25, -0.2) is 14.8 Å². The van der Waals surface area contributed by atoms with Gasteiger partial charge < -0.3 is 0 Å². The number of carbonyl (C=O) groups is 1. The van der Waals surface area contributed by atoms with Crippen molar-refractivity contribution in [1.82, 2.24) is 9.97 Å². The van der Waals surface area contributed by atoms with Crippen LogP contribution in [-0.2, 0) is 0 Å². The molecule has 2 rings (SSSR count). The third-order valence-electron chi connectivity index (χ3n) is 1.14. The Balaban J connectivity index is 2.89. The van der Waals surface area contributed by atoms with Crippen LogP contribution in [0, 0.1) is 0 Å². The molecule has 6 heteroatoms. The van der Waals surface area contributed by atoms with Gasteiger partial charge in [-0.2, -0.15) is 9.98 Å². The van der Waals surface area contributed by atoms with E-state index in [9.17, 15) is 4.79 Å². The molecule has 0 aliphatic carbocycles. The molecule has 1 aliphatic heterocycles. The number of amides is 2. The number of rotatable bonds is 0. The predicted molar refractivity (Wildman–Crippen MR) is 37.4 cm³/mol. The van der Waals surface area contributed by atoms with Gasteiger partial charge in [0, 0.05) is 0 Å². The maximum absolute atomic E-state index is 10.6. The zero-order valence-electron chi connectivity index (χ0n) is 5.15. The van der Waals surface area contributed by atoms with Crippen LogP contribution in [0.3, 0.4) is 0 Å². The maximum Gasteiger partial charge on any atom is 0.369 e. The molecule has 0 aromatic carbocycles. The lowest BCUT2D eigenvalue weighted by Crippen LogP contribution is -2.26. The van der Waals surface area contributed by atoms with Crippen molar-refractivity contribution in [3.8, 4) is 0 Å². The molecule has 1 aliphatic rings. The minimum absolute atomic E-state index is 0.330. The zero-order chi connectivity index (χ0) is 7.84. The summed E-state index contributed by atoms with van der Waals surface area (Å²) in [6.45, 7) is 0. The van der Waals surface area contributed by atoms with Crippen molar-refractivity contribution in [1.29, 1.82) is 0 Å². The summed E-state index contributed by atoms with van der Waals surface area (Å²) in [5, 5.41) is 0.429. The lowest BCUT2D eigenvalue weighted by atomic mass is 10.6. The smallest absolute Gasteiger partial charge is 0.244 e. The fourth-order valence-electron chi connectivity index (χ4n) is 0.725. The van der Waals surface area contributed by atoms with E-state index in [4.69, 9.17) is 0 Å². The number of aromatic nitrogens is 2. The SMILES string of the molecule is O=C1N=c2cnc(Br)nc2=N1. The highest BCUT2D eigenvalue weighted by Crippen LogP contribution is 1.93. The molecule has 0 saturated carbocycles. The van der Waals surface area contributed by atoms with E-state index in [1.807, 2.05) is 0 Å². The molecule has 2 amide bonds. The number of nitrogens with zero attached hydrogens (tertiary/aromatic N) is 4. The lowest BCUT2D eigenvalue weighted by Gasteiger charge is -1.81. The van der Waals surface area contributed by atoms with Gasteiger partial charge in [-0.05, 0) is 15.9 Å². The monoisotopic (exact) mass is 212 g/mol. The molecule has 0 N–H and O–H groups in total. The molecule has 5 nitrogen and oxygen atoms in total. The van der Waals surface area contributed by atoms with Crippen LogP contribution < -0.4 is 10.8 Å². The molecule has 0 fully saturated rings. The molecule has 11 heavy (non-hydrogen) atoms. The average Bonchev–Trinajstić information content (AvgIpc) is 2.27. The molecule has 0 spiro atoms. The van der Waals surface area contributed by atoms with Crippen molar-refractivity contribution in [2.24, 2.45) is 9.98 Å². The Morgan fingerprint density at radius 2 is 2.18 bits per heavy atom. The van der Waals surface area contributed by atoms with E-state index in [1.165, 1.54) is 6.20 Å². The second-order valence-electron chi connectivity index (χ2n) is 1.85. The van der Waals surface area contributed by atoms with Crippen LogP contribution >= 0.6 is 15.9 Å². The fraction of sp³-hybridized carbons (Fsp3) is 0. The second kappa shape index (κ2) is 2.16. The first kappa shape index (κ1) is 6.53. The largest absolute Gasteiger partial charge is 0.369 e. The Hall–Kier alpha value is -1.17. The summed E-state index contributed by atoms with van der Waals surface area (Å²) in [7, 11) is 0. The number of carbonyl (C=O) groups excluding carboxylic acids is 1. The highest BCUT2D eigenvalue weighted by atomic mass is 79.9. The number of hydrogen-bond acceptors (Lipinski definition) is 3. The van der Waals surface area contributed by atoms with Crippen LogP contribution in [-0.4, -0.2) is 16.0 Å². The van der Waals surface area contributed by atoms with Crippen LogP contribution in [0.2, 0.25) is 0 Å². The van der Waals surface area contributed by atoms with E-state index >= 15 is 0 Å². The second-order valence-corrected chi connectivity index (χ2v) is 2.56. The minimum atomic E-state index is -0.521. The summed E-state index contributed by atoms with van der Waals surface area (Å²) in [6.07, 6.45) is 1.45. The molecule has 1 aromatic heterocycles. The van der Waals surface area contributed by atoms with E-state index in [0.717, 1.165) is 0 Å². The molecule has 0 unspecified atom stereocenters. The molecular formula is C5HBrN4O. The highest BCUT2D eigenvalue weighted by molar-refractivity contribution is 9.10. The van der Waals surface area contributed by atoms with Gasteiger partial charge in [0.15, 0.2) is 10.2 Å². The topological polar surface area (TPSA) is 67.6 Å². The predicted octanol–water partition coefficient (Wildman–Crippen LogP) is -0.388. The van der Waals surface area contributed by atoms with Gasteiger partial charge in [-0.1, -0.05) is 0 Å². The van der Waals surface area contributed by atoms with Crippen LogP contribution in [0.25, 0.3) is 0 Å². The Morgan fingerprint density at radius 3 is 3.00 bits per heavy atom. The highest BCUT2D eigenvalue weighted by Gasteiger charge is 2.05. The standard InChI is InChI=1S/C5HBrN4O/c6-4-7-1-2-3(9-4)10-5(11)8-2/h1H. The molecule has 0 atom stereocenters. The first-order valence-electron chi connectivity index (χ1n) is 2.76. The zero-order valence-corrected chi connectivity index (χ0v) is 6.74. The van der Waals surface area contributed by atoms with Crippen LogP contribution in [0.15, 0.2) is 20.9 Å². The maximum atomic E-state index is 10.6. The first-order valence-corrected chi connectivity index (χ1v) is 3.55. The summed E-state index contributed by atoms with van der Waals surface area (Å²) in [5.41, 5.74) is 0.330. The van der Waals surface area contributed by atoms with Crippen molar-refractivity contribution in [3.05, 3.63) is 21.8 Å². The van der Waals surface area contributed by atoms with Crippen LogP contribution in [0.5, 0.6) is 0 Å². The fourth-order valence-corrected chi connectivity index (χ4v) is 0.996. The van der Waals surface area contributed by atoms with E-state index in [-0.39, 0.29) is 0 Å². The Bertz CT molecular complexity index is 440. The van der Waals surface area contributed by atoms with E-state index in [2.05, 4.69) is 35.9 Å². The van der Waals surface area contributed by atoms with Crippen molar-refractivity contribution < 1.29 is 4.79 Å². The Labute approximate surface area is 69.0 Å². The van der Waals surface area contributed by atoms with E-state index in [1.54, 1.807) is 0 Å². The molecule has 0 radical (unpaired) electrons. The number of halogens is 1. The van der Waals surface area contributed by atoms with Gasteiger partial charge in [0.05, 0.1) is 6.20 Å². The number of fused-ring (bicyclic) bond motifs is 1. The summed E-state index contributed by atoms with van der Waals surface area (Å²) < 4.78 is 0.407. The third-order valence-corrected chi connectivity index (χ3v) is 1.52. The molecule has 0 saturated heterocycles.